The summed E-state index contributed by atoms with van der Waals surface area (Å²) in [5.74, 6) is 0.906. The first-order chi connectivity index (χ1) is 7.47. The lowest BCUT2D eigenvalue weighted by Gasteiger charge is -2.16. The van der Waals surface area contributed by atoms with E-state index in [1.165, 1.54) is 14.7 Å². The molecule has 0 amide bonds. The summed E-state index contributed by atoms with van der Waals surface area (Å²) in [5, 5.41) is 2.50. The van der Waals surface area contributed by atoms with Crippen LogP contribution in [0.2, 0.25) is 0 Å². The molecule has 0 aliphatic carbocycles. The lowest BCUT2D eigenvalue weighted by molar-refractivity contribution is 0.833. The van der Waals surface area contributed by atoms with Gasteiger partial charge in [-0.1, -0.05) is 27.7 Å². The van der Waals surface area contributed by atoms with Gasteiger partial charge in [0, 0.05) is 3.57 Å². The highest BCUT2D eigenvalue weighted by Crippen LogP contribution is 2.36. The third kappa shape index (κ3) is 3.12. The van der Waals surface area contributed by atoms with Gasteiger partial charge in [0.15, 0.2) is 0 Å². The Bertz CT molecular complexity index is 403. The lowest BCUT2D eigenvalue weighted by Crippen LogP contribution is -1.96. The smallest absolute Gasteiger partial charge is 0.0809 e. The SMILES string of the molecule is CC(C)c1cc(I)cc(C(C)C)c1N=C=S. The molecule has 0 saturated heterocycles. The van der Waals surface area contributed by atoms with Crippen LogP contribution in [-0.4, -0.2) is 5.16 Å². The molecular formula is C13H16INS. The maximum Gasteiger partial charge on any atom is 0.0809 e. The highest BCUT2D eigenvalue weighted by Gasteiger charge is 2.14. The first-order valence-electron chi connectivity index (χ1n) is 5.38. The highest BCUT2D eigenvalue weighted by molar-refractivity contribution is 14.1. The first kappa shape index (κ1) is 13.8. The van der Waals surface area contributed by atoms with E-state index in [0.29, 0.717) is 11.8 Å². The van der Waals surface area contributed by atoms with E-state index in [2.05, 4.69) is 72.6 Å². The van der Waals surface area contributed by atoms with Crippen molar-refractivity contribution in [3.05, 3.63) is 26.8 Å². The van der Waals surface area contributed by atoms with Gasteiger partial charge in [0.2, 0.25) is 0 Å². The second-order valence-corrected chi connectivity index (χ2v) is 5.87. The Morgan fingerprint density at radius 2 is 1.56 bits per heavy atom. The van der Waals surface area contributed by atoms with E-state index in [-0.39, 0.29) is 0 Å². The van der Waals surface area contributed by atoms with Gasteiger partial charge in [-0.2, -0.15) is 4.99 Å². The summed E-state index contributed by atoms with van der Waals surface area (Å²) in [6, 6.07) is 4.37. The van der Waals surface area contributed by atoms with Gasteiger partial charge in [-0.25, -0.2) is 0 Å². The zero-order chi connectivity index (χ0) is 12.3. The molecule has 1 aromatic rings. The molecule has 86 valence electrons. The van der Waals surface area contributed by atoms with Crippen LogP contribution in [0.15, 0.2) is 17.1 Å². The third-order valence-electron chi connectivity index (χ3n) is 2.54. The Hall–Kier alpha value is -0.250. The van der Waals surface area contributed by atoms with Crippen LogP contribution < -0.4 is 0 Å². The van der Waals surface area contributed by atoms with E-state index >= 15 is 0 Å². The summed E-state index contributed by atoms with van der Waals surface area (Å²) >= 11 is 7.10. The van der Waals surface area contributed by atoms with Crippen molar-refractivity contribution in [2.24, 2.45) is 4.99 Å². The third-order valence-corrected chi connectivity index (χ3v) is 3.25. The van der Waals surface area contributed by atoms with Gasteiger partial charge in [-0.3, -0.25) is 0 Å². The fraction of sp³-hybridized carbons (Fsp3) is 0.462. The normalized spacial score (nSPS) is 10.7. The van der Waals surface area contributed by atoms with Crippen LogP contribution in [0.1, 0.15) is 50.7 Å². The molecule has 0 aromatic heterocycles. The molecule has 0 N–H and O–H groups in total. The number of rotatable bonds is 3. The number of isothiocyanates is 1. The predicted molar refractivity (Wildman–Crippen MR) is 82.0 cm³/mol. The van der Waals surface area contributed by atoms with E-state index < -0.39 is 0 Å². The zero-order valence-electron chi connectivity index (χ0n) is 10.0. The number of hydrogen-bond donors (Lipinski definition) is 0. The lowest BCUT2D eigenvalue weighted by atomic mass is 9.93. The van der Waals surface area contributed by atoms with Crippen LogP contribution in [0, 0.1) is 3.57 Å². The van der Waals surface area contributed by atoms with Gasteiger partial charge in [-0.05, 0) is 69.9 Å². The van der Waals surface area contributed by atoms with Crippen molar-refractivity contribution in [1.82, 2.24) is 0 Å². The molecule has 0 bridgehead atoms. The number of benzene rings is 1. The van der Waals surface area contributed by atoms with Crippen molar-refractivity contribution >= 4 is 45.7 Å². The van der Waals surface area contributed by atoms with Crippen molar-refractivity contribution in [2.45, 2.75) is 39.5 Å². The van der Waals surface area contributed by atoms with E-state index in [9.17, 15) is 0 Å². The Labute approximate surface area is 117 Å². The van der Waals surface area contributed by atoms with Crippen LogP contribution in [0.4, 0.5) is 5.69 Å². The molecule has 3 heteroatoms. The average molecular weight is 345 g/mol. The monoisotopic (exact) mass is 345 g/mol. The minimum atomic E-state index is 0.453. The van der Waals surface area contributed by atoms with Gasteiger partial charge < -0.3 is 0 Å². The van der Waals surface area contributed by atoms with Gasteiger partial charge in [0.05, 0.1) is 10.8 Å². The number of nitrogens with zero attached hydrogens (tertiary/aromatic N) is 1. The Morgan fingerprint density at radius 1 is 1.12 bits per heavy atom. The van der Waals surface area contributed by atoms with Gasteiger partial charge in [0.25, 0.3) is 0 Å². The van der Waals surface area contributed by atoms with Crippen LogP contribution in [0.3, 0.4) is 0 Å². The quantitative estimate of drug-likeness (QED) is 0.413. The van der Waals surface area contributed by atoms with Crippen molar-refractivity contribution in [2.75, 3.05) is 0 Å². The van der Waals surface area contributed by atoms with E-state index in [0.717, 1.165) is 5.69 Å². The number of aliphatic imine (C=N–C) groups is 1. The molecule has 16 heavy (non-hydrogen) atoms. The Kier molecular flexibility index (Phi) is 5.09. The Balaban J connectivity index is 3.53. The summed E-state index contributed by atoms with van der Waals surface area (Å²) < 4.78 is 1.26. The molecule has 0 spiro atoms. The number of halogens is 1. The fourth-order valence-electron chi connectivity index (χ4n) is 1.70. The fourth-order valence-corrected chi connectivity index (χ4v) is 2.46. The Morgan fingerprint density at radius 3 is 1.88 bits per heavy atom. The topological polar surface area (TPSA) is 12.4 Å². The van der Waals surface area contributed by atoms with Crippen LogP contribution in [-0.2, 0) is 0 Å². The first-order valence-corrected chi connectivity index (χ1v) is 6.87. The number of hydrogen-bond acceptors (Lipinski definition) is 2. The molecule has 0 fully saturated rings. The van der Waals surface area contributed by atoms with E-state index in [1.807, 2.05) is 0 Å². The second kappa shape index (κ2) is 5.89. The summed E-state index contributed by atoms with van der Waals surface area (Å²) in [4.78, 5) is 4.25. The summed E-state index contributed by atoms with van der Waals surface area (Å²) in [6.07, 6.45) is 0. The molecule has 0 atom stereocenters. The van der Waals surface area contributed by atoms with Crippen LogP contribution in [0.5, 0.6) is 0 Å². The zero-order valence-corrected chi connectivity index (χ0v) is 13.0. The maximum atomic E-state index is 4.74. The molecule has 0 aliphatic heterocycles. The van der Waals surface area contributed by atoms with Crippen molar-refractivity contribution < 1.29 is 0 Å². The number of thiocarbonyl (C=S) groups is 1. The molecule has 0 aliphatic rings. The predicted octanol–water partition coefficient (Wildman–Crippen LogP) is 5.27. The van der Waals surface area contributed by atoms with Crippen molar-refractivity contribution in [3.8, 4) is 0 Å². The van der Waals surface area contributed by atoms with Gasteiger partial charge in [0.1, 0.15) is 0 Å². The standard InChI is InChI=1S/C13H16INS/c1-8(2)11-5-10(14)6-12(9(3)4)13(11)15-7-16/h5-6,8-9H,1-4H3. The highest BCUT2D eigenvalue weighted by atomic mass is 127. The molecule has 1 rings (SSSR count). The molecule has 1 aromatic carbocycles. The van der Waals surface area contributed by atoms with E-state index in [1.54, 1.807) is 0 Å². The van der Waals surface area contributed by atoms with Crippen molar-refractivity contribution in [3.63, 3.8) is 0 Å². The molecular weight excluding hydrogens is 329 g/mol. The van der Waals surface area contributed by atoms with E-state index in [4.69, 9.17) is 12.2 Å². The summed E-state index contributed by atoms with van der Waals surface area (Å²) in [6.45, 7) is 8.71. The van der Waals surface area contributed by atoms with Crippen molar-refractivity contribution in [1.29, 1.82) is 0 Å². The second-order valence-electron chi connectivity index (χ2n) is 4.45. The molecule has 0 saturated carbocycles. The van der Waals surface area contributed by atoms with Gasteiger partial charge in [-0.15, -0.1) is 0 Å². The molecule has 0 radical (unpaired) electrons. The van der Waals surface area contributed by atoms with Gasteiger partial charge >= 0.3 is 0 Å². The summed E-state index contributed by atoms with van der Waals surface area (Å²) in [5.41, 5.74) is 3.53. The largest absolute Gasteiger partial charge is 0.194 e. The minimum Gasteiger partial charge on any atom is -0.194 e. The van der Waals surface area contributed by atoms with Crippen LogP contribution >= 0.6 is 34.8 Å². The molecule has 0 heterocycles. The molecule has 0 unspecified atom stereocenters. The maximum absolute atomic E-state index is 4.74. The van der Waals surface area contributed by atoms with Crippen LogP contribution in [0.25, 0.3) is 0 Å². The average Bonchev–Trinajstić information content (AvgIpc) is 2.19. The molecule has 1 nitrogen and oxygen atoms in total. The summed E-state index contributed by atoms with van der Waals surface area (Å²) in [7, 11) is 0. The minimum absolute atomic E-state index is 0.453.